The zero-order valence-electron chi connectivity index (χ0n) is 16.4. The van der Waals surface area contributed by atoms with Crippen LogP contribution in [0.2, 0.25) is 0 Å². The minimum absolute atomic E-state index is 0.138. The van der Waals surface area contributed by atoms with E-state index in [1.165, 1.54) is 0 Å². The maximum Gasteiger partial charge on any atom is 0.273 e. The molecule has 0 fully saturated rings. The second-order valence-electron chi connectivity index (χ2n) is 6.82. The van der Waals surface area contributed by atoms with Crippen molar-refractivity contribution in [1.29, 1.82) is 0 Å². The Bertz CT molecular complexity index is 988. The van der Waals surface area contributed by atoms with Crippen molar-refractivity contribution in [2.75, 3.05) is 13.1 Å². The third kappa shape index (κ3) is 5.92. The molecule has 0 spiro atoms. The molecule has 2 aromatic carbocycles. The molecule has 0 saturated heterocycles. The van der Waals surface area contributed by atoms with Crippen LogP contribution < -0.4 is 16.4 Å². The van der Waals surface area contributed by atoms with Gasteiger partial charge in [0.15, 0.2) is 11.5 Å². The molecule has 8 heteroatoms. The Hall–Kier alpha value is -3.65. The Labute approximate surface area is 174 Å². The molecule has 0 unspecified atom stereocenters. The molecule has 5 N–H and O–H groups in total. The van der Waals surface area contributed by atoms with Crippen molar-refractivity contribution in [2.24, 2.45) is 5.73 Å². The molecular formula is C22H24N4O4. The quantitative estimate of drug-likeness (QED) is 0.400. The minimum Gasteiger partial charge on any atom is -0.508 e. The summed E-state index contributed by atoms with van der Waals surface area (Å²) in [6.45, 7) is 0.745. The van der Waals surface area contributed by atoms with Crippen molar-refractivity contribution in [1.82, 2.24) is 15.8 Å². The standard InChI is InChI=1S/C22H24N4O4/c23-18(13-15-6-4-9-17(27)12-15)21(28)24-10-5-11-25-22(29)19-14-20(30-26-19)16-7-2-1-3-8-16/h1-4,6-9,12,14,18,27H,5,10-11,13,23H2,(H,24,28)(H,25,29)/t18-/m0/s1. The minimum atomic E-state index is -0.715. The Balaban J connectivity index is 1.36. The zero-order chi connectivity index (χ0) is 21.3. The molecule has 1 heterocycles. The number of rotatable bonds is 9. The van der Waals surface area contributed by atoms with Gasteiger partial charge in [0.1, 0.15) is 5.75 Å². The summed E-state index contributed by atoms with van der Waals surface area (Å²) < 4.78 is 5.22. The van der Waals surface area contributed by atoms with Gasteiger partial charge in [-0.05, 0) is 30.5 Å². The van der Waals surface area contributed by atoms with Crippen LogP contribution in [0.1, 0.15) is 22.5 Å². The van der Waals surface area contributed by atoms with E-state index in [4.69, 9.17) is 10.3 Å². The number of hydrogen-bond acceptors (Lipinski definition) is 6. The van der Waals surface area contributed by atoms with Crippen LogP contribution in [0.3, 0.4) is 0 Å². The molecule has 3 rings (SSSR count). The summed E-state index contributed by atoms with van der Waals surface area (Å²) in [5.41, 5.74) is 7.73. The highest BCUT2D eigenvalue weighted by Crippen LogP contribution is 2.19. The number of phenolic OH excluding ortho intramolecular Hbond substituents is 1. The predicted molar refractivity (Wildman–Crippen MR) is 112 cm³/mol. The van der Waals surface area contributed by atoms with Gasteiger partial charge in [0.05, 0.1) is 6.04 Å². The van der Waals surface area contributed by atoms with Gasteiger partial charge in [-0.3, -0.25) is 9.59 Å². The van der Waals surface area contributed by atoms with E-state index in [9.17, 15) is 14.7 Å². The molecule has 0 saturated carbocycles. The fourth-order valence-corrected chi connectivity index (χ4v) is 2.87. The summed E-state index contributed by atoms with van der Waals surface area (Å²) in [4.78, 5) is 24.2. The number of aromatic hydroxyl groups is 1. The monoisotopic (exact) mass is 408 g/mol. The second-order valence-corrected chi connectivity index (χ2v) is 6.82. The Morgan fingerprint density at radius 2 is 1.80 bits per heavy atom. The molecule has 1 aromatic heterocycles. The number of aromatic nitrogens is 1. The molecule has 1 atom stereocenters. The van der Waals surface area contributed by atoms with Gasteiger partial charge in [0.2, 0.25) is 5.91 Å². The number of hydrogen-bond donors (Lipinski definition) is 4. The van der Waals surface area contributed by atoms with Gasteiger partial charge in [-0.15, -0.1) is 0 Å². The van der Waals surface area contributed by atoms with Crippen LogP contribution in [0.5, 0.6) is 5.75 Å². The fourth-order valence-electron chi connectivity index (χ4n) is 2.87. The Morgan fingerprint density at radius 1 is 1.03 bits per heavy atom. The highest BCUT2D eigenvalue weighted by atomic mass is 16.5. The molecule has 3 aromatic rings. The van der Waals surface area contributed by atoms with E-state index in [0.29, 0.717) is 31.7 Å². The highest BCUT2D eigenvalue weighted by molar-refractivity contribution is 5.93. The Morgan fingerprint density at radius 3 is 2.57 bits per heavy atom. The number of benzene rings is 2. The lowest BCUT2D eigenvalue weighted by Crippen LogP contribution is -2.42. The van der Waals surface area contributed by atoms with Gasteiger partial charge in [0.25, 0.3) is 5.91 Å². The lowest BCUT2D eigenvalue weighted by molar-refractivity contribution is -0.122. The van der Waals surface area contributed by atoms with E-state index < -0.39 is 6.04 Å². The number of carbonyl (C=O) groups excluding carboxylic acids is 2. The first-order valence-electron chi connectivity index (χ1n) is 9.64. The van der Waals surface area contributed by atoms with Crippen molar-refractivity contribution < 1.29 is 19.2 Å². The fraction of sp³-hybridized carbons (Fsp3) is 0.227. The first-order chi connectivity index (χ1) is 14.5. The van der Waals surface area contributed by atoms with Crippen LogP contribution in [-0.2, 0) is 11.2 Å². The number of phenols is 1. The molecule has 0 aliphatic heterocycles. The highest BCUT2D eigenvalue weighted by Gasteiger charge is 2.15. The predicted octanol–water partition coefficient (Wildman–Crippen LogP) is 1.85. The SMILES string of the molecule is N[C@@H](Cc1cccc(O)c1)C(=O)NCCCNC(=O)c1cc(-c2ccccc2)on1. The topological polar surface area (TPSA) is 130 Å². The van der Waals surface area contributed by atoms with Gasteiger partial charge >= 0.3 is 0 Å². The third-order valence-corrected chi connectivity index (χ3v) is 4.44. The number of nitrogens with one attached hydrogen (secondary N) is 2. The van der Waals surface area contributed by atoms with Crippen molar-refractivity contribution in [3.05, 3.63) is 71.9 Å². The van der Waals surface area contributed by atoms with Crippen molar-refractivity contribution in [2.45, 2.75) is 18.9 Å². The van der Waals surface area contributed by atoms with Crippen LogP contribution >= 0.6 is 0 Å². The lowest BCUT2D eigenvalue weighted by Gasteiger charge is -2.12. The van der Waals surface area contributed by atoms with Crippen molar-refractivity contribution >= 4 is 11.8 Å². The van der Waals surface area contributed by atoms with Crippen molar-refractivity contribution in [3.8, 4) is 17.1 Å². The zero-order valence-corrected chi connectivity index (χ0v) is 16.4. The summed E-state index contributed by atoms with van der Waals surface area (Å²) in [5, 5.41) is 18.7. The van der Waals surface area contributed by atoms with Gasteiger partial charge in [-0.25, -0.2) is 0 Å². The van der Waals surface area contributed by atoms with Crippen LogP contribution in [-0.4, -0.2) is 41.2 Å². The molecule has 156 valence electrons. The van der Waals surface area contributed by atoms with Crippen LogP contribution in [0, 0.1) is 0 Å². The summed E-state index contributed by atoms with van der Waals surface area (Å²) in [6.07, 6.45) is 0.868. The number of carbonyl (C=O) groups is 2. The first-order valence-corrected chi connectivity index (χ1v) is 9.64. The molecule has 8 nitrogen and oxygen atoms in total. The Kier molecular flexibility index (Phi) is 7.18. The van der Waals surface area contributed by atoms with Gasteiger partial charge in [0, 0.05) is 24.7 Å². The second kappa shape index (κ2) is 10.2. The molecule has 0 aliphatic carbocycles. The average molecular weight is 408 g/mol. The number of nitrogens with zero attached hydrogens (tertiary/aromatic N) is 1. The third-order valence-electron chi connectivity index (χ3n) is 4.44. The molecular weight excluding hydrogens is 384 g/mol. The molecule has 0 aliphatic rings. The van der Waals surface area contributed by atoms with Crippen LogP contribution in [0.15, 0.2) is 65.2 Å². The maximum atomic E-state index is 12.2. The molecule has 2 amide bonds. The van der Waals surface area contributed by atoms with Crippen LogP contribution in [0.4, 0.5) is 0 Å². The first kappa shape index (κ1) is 21.1. The van der Waals surface area contributed by atoms with E-state index in [1.807, 2.05) is 30.3 Å². The maximum absolute atomic E-state index is 12.2. The van der Waals surface area contributed by atoms with Crippen LogP contribution in [0.25, 0.3) is 11.3 Å². The van der Waals surface area contributed by atoms with Gasteiger partial charge < -0.3 is 26.0 Å². The van der Waals surface area contributed by atoms with Gasteiger partial charge in [-0.1, -0.05) is 47.6 Å². The van der Waals surface area contributed by atoms with Gasteiger partial charge in [-0.2, -0.15) is 0 Å². The smallest absolute Gasteiger partial charge is 0.273 e. The summed E-state index contributed by atoms with van der Waals surface area (Å²) in [7, 11) is 0. The van der Waals surface area contributed by atoms with E-state index >= 15 is 0 Å². The normalized spacial score (nSPS) is 11.6. The summed E-state index contributed by atoms with van der Waals surface area (Å²) >= 11 is 0. The van der Waals surface area contributed by atoms with Crippen molar-refractivity contribution in [3.63, 3.8) is 0 Å². The number of nitrogens with two attached hydrogens (primary N) is 1. The number of amides is 2. The summed E-state index contributed by atoms with van der Waals surface area (Å²) in [5.74, 6) is 0.0362. The molecule has 0 radical (unpaired) electrons. The van der Waals surface area contributed by atoms with E-state index in [2.05, 4.69) is 15.8 Å². The van der Waals surface area contributed by atoms with E-state index in [-0.39, 0.29) is 23.3 Å². The average Bonchev–Trinajstić information content (AvgIpc) is 3.24. The van der Waals surface area contributed by atoms with E-state index in [1.54, 1.807) is 30.3 Å². The largest absolute Gasteiger partial charge is 0.508 e. The molecule has 30 heavy (non-hydrogen) atoms. The van der Waals surface area contributed by atoms with E-state index in [0.717, 1.165) is 11.1 Å². The summed E-state index contributed by atoms with van der Waals surface area (Å²) in [6, 6.07) is 16.9. The molecule has 0 bridgehead atoms. The lowest BCUT2D eigenvalue weighted by atomic mass is 10.1.